The van der Waals surface area contributed by atoms with Gasteiger partial charge in [-0.1, -0.05) is 18.2 Å². The molecule has 2 aromatic rings. The summed E-state index contributed by atoms with van der Waals surface area (Å²) in [6.45, 7) is 3.32. The normalized spacial score (nSPS) is 11.4. The van der Waals surface area contributed by atoms with Gasteiger partial charge in [-0.15, -0.1) is 0 Å². The van der Waals surface area contributed by atoms with E-state index < -0.39 is 18.0 Å². The number of esters is 1. The average molecular weight is 343 g/mol. The van der Waals surface area contributed by atoms with Crippen molar-refractivity contribution in [3.05, 3.63) is 53.6 Å². The van der Waals surface area contributed by atoms with Gasteiger partial charge < -0.3 is 19.5 Å². The molecule has 1 unspecified atom stereocenters. The predicted octanol–water partition coefficient (Wildman–Crippen LogP) is 3.20. The van der Waals surface area contributed by atoms with Gasteiger partial charge in [-0.3, -0.25) is 4.79 Å². The topological polar surface area (TPSA) is 73.9 Å². The van der Waals surface area contributed by atoms with Crippen molar-refractivity contribution in [2.75, 3.05) is 19.5 Å². The second-order valence-electron chi connectivity index (χ2n) is 5.42. The van der Waals surface area contributed by atoms with Gasteiger partial charge in [0.25, 0.3) is 5.91 Å². The third kappa shape index (κ3) is 4.50. The summed E-state index contributed by atoms with van der Waals surface area (Å²) in [4.78, 5) is 24.6. The maximum absolute atomic E-state index is 12.3. The first-order chi connectivity index (χ1) is 12.0. The lowest BCUT2D eigenvalue weighted by atomic mass is 10.1. The second-order valence-corrected chi connectivity index (χ2v) is 5.42. The van der Waals surface area contributed by atoms with Crippen molar-refractivity contribution in [1.29, 1.82) is 0 Å². The van der Waals surface area contributed by atoms with Crippen LogP contribution in [0.4, 0.5) is 5.69 Å². The Morgan fingerprint density at radius 1 is 1.04 bits per heavy atom. The number of benzene rings is 2. The largest absolute Gasteiger partial charge is 0.497 e. The van der Waals surface area contributed by atoms with Gasteiger partial charge in [-0.25, -0.2) is 4.79 Å². The Balaban J connectivity index is 2.08. The molecule has 132 valence electrons. The van der Waals surface area contributed by atoms with Crippen LogP contribution in [0, 0.1) is 6.92 Å². The fourth-order valence-corrected chi connectivity index (χ4v) is 2.23. The molecule has 0 bridgehead atoms. The molecule has 0 saturated carbocycles. The summed E-state index contributed by atoms with van der Waals surface area (Å²) in [6, 6.07) is 12.1. The minimum Gasteiger partial charge on any atom is -0.497 e. The molecule has 0 aromatic heterocycles. The van der Waals surface area contributed by atoms with E-state index in [1.54, 1.807) is 30.3 Å². The van der Waals surface area contributed by atoms with E-state index in [1.807, 2.05) is 19.1 Å². The van der Waals surface area contributed by atoms with Crippen molar-refractivity contribution in [3.63, 3.8) is 0 Å². The van der Waals surface area contributed by atoms with Gasteiger partial charge in [0, 0.05) is 6.07 Å². The quantitative estimate of drug-likeness (QED) is 0.816. The lowest BCUT2D eigenvalue weighted by Crippen LogP contribution is -2.30. The van der Waals surface area contributed by atoms with Gasteiger partial charge >= 0.3 is 5.97 Å². The van der Waals surface area contributed by atoms with Crippen LogP contribution in [0.2, 0.25) is 0 Å². The van der Waals surface area contributed by atoms with E-state index in [0.29, 0.717) is 22.7 Å². The Morgan fingerprint density at radius 2 is 1.76 bits per heavy atom. The van der Waals surface area contributed by atoms with E-state index >= 15 is 0 Å². The molecule has 0 fully saturated rings. The summed E-state index contributed by atoms with van der Waals surface area (Å²) in [5.41, 5.74) is 1.65. The van der Waals surface area contributed by atoms with Crippen molar-refractivity contribution in [3.8, 4) is 11.5 Å². The fourth-order valence-electron chi connectivity index (χ4n) is 2.23. The standard InChI is InChI=1S/C19H21NO5/c1-12-7-5-6-8-15(12)19(22)25-13(2)18(21)20-16-11-14(23-3)9-10-17(16)24-4/h5-11,13H,1-4H3,(H,20,21). The van der Waals surface area contributed by atoms with Crippen molar-refractivity contribution < 1.29 is 23.8 Å². The Bertz CT molecular complexity index is 772. The molecule has 0 heterocycles. The minimum atomic E-state index is -0.969. The highest BCUT2D eigenvalue weighted by atomic mass is 16.5. The number of rotatable bonds is 6. The van der Waals surface area contributed by atoms with E-state index in [1.165, 1.54) is 21.1 Å². The van der Waals surface area contributed by atoms with Crippen LogP contribution in [-0.2, 0) is 9.53 Å². The number of methoxy groups -OCH3 is 2. The Kier molecular flexibility index (Phi) is 6.00. The molecule has 0 radical (unpaired) electrons. The monoisotopic (exact) mass is 343 g/mol. The predicted molar refractivity (Wildman–Crippen MR) is 94.2 cm³/mol. The van der Waals surface area contributed by atoms with Crippen molar-refractivity contribution in [2.24, 2.45) is 0 Å². The molecule has 6 heteroatoms. The third-order valence-electron chi connectivity index (χ3n) is 3.68. The molecule has 1 atom stereocenters. The van der Waals surface area contributed by atoms with E-state index in [4.69, 9.17) is 14.2 Å². The first-order valence-electron chi connectivity index (χ1n) is 7.75. The smallest absolute Gasteiger partial charge is 0.339 e. The molecule has 1 amide bonds. The van der Waals surface area contributed by atoms with Gasteiger partial charge in [-0.2, -0.15) is 0 Å². The van der Waals surface area contributed by atoms with Gasteiger partial charge in [0.2, 0.25) is 0 Å². The lowest BCUT2D eigenvalue weighted by Gasteiger charge is -2.16. The van der Waals surface area contributed by atoms with Crippen molar-refractivity contribution in [2.45, 2.75) is 20.0 Å². The zero-order valence-corrected chi connectivity index (χ0v) is 14.7. The summed E-state index contributed by atoms with van der Waals surface area (Å²) in [7, 11) is 3.03. The Hall–Kier alpha value is -3.02. The number of hydrogen-bond acceptors (Lipinski definition) is 5. The number of carbonyl (C=O) groups is 2. The van der Waals surface area contributed by atoms with Gasteiger partial charge in [0.1, 0.15) is 11.5 Å². The zero-order valence-electron chi connectivity index (χ0n) is 14.7. The third-order valence-corrected chi connectivity index (χ3v) is 3.68. The number of aryl methyl sites for hydroxylation is 1. The molecule has 1 N–H and O–H groups in total. The van der Waals surface area contributed by atoms with Crippen molar-refractivity contribution in [1.82, 2.24) is 0 Å². The van der Waals surface area contributed by atoms with E-state index in [0.717, 1.165) is 5.56 Å². The number of ether oxygens (including phenoxy) is 3. The molecule has 25 heavy (non-hydrogen) atoms. The molecule has 6 nitrogen and oxygen atoms in total. The number of hydrogen-bond donors (Lipinski definition) is 1. The maximum atomic E-state index is 12.3. The second kappa shape index (κ2) is 8.19. The van der Waals surface area contributed by atoms with Crippen molar-refractivity contribution >= 4 is 17.6 Å². The summed E-state index contributed by atoms with van der Waals surface area (Å²) in [5, 5.41) is 2.69. The van der Waals surface area contributed by atoms with Gasteiger partial charge in [0.05, 0.1) is 25.5 Å². The highest BCUT2D eigenvalue weighted by Gasteiger charge is 2.21. The highest BCUT2D eigenvalue weighted by Crippen LogP contribution is 2.29. The summed E-state index contributed by atoms with van der Waals surface area (Å²) >= 11 is 0. The van der Waals surface area contributed by atoms with Crippen LogP contribution in [0.15, 0.2) is 42.5 Å². The molecular formula is C19H21NO5. The van der Waals surface area contributed by atoms with Crippen LogP contribution in [0.1, 0.15) is 22.8 Å². The molecule has 2 aromatic carbocycles. The van der Waals surface area contributed by atoms with Gasteiger partial charge in [0.15, 0.2) is 6.10 Å². The highest BCUT2D eigenvalue weighted by molar-refractivity contribution is 5.98. The average Bonchev–Trinajstić information content (AvgIpc) is 2.61. The van der Waals surface area contributed by atoms with Crippen LogP contribution in [0.3, 0.4) is 0 Å². The molecular weight excluding hydrogens is 322 g/mol. The Labute approximate surface area is 146 Å². The fraction of sp³-hybridized carbons (Fsp3) is 0.263. The Morgan fingerprint density at radius 3 is 2.40 bits per heavy atom. The van der Waals surface area contributed by atoms with Crippen LogP contribution in [-0.4, -0.2) is 32.2 Å². The SMILES string of the molecule is COc1ccc(OC)c(NC(=O)C(C)OC(=O)c2ccccc2C)c1. The van der Waals surface area contributed by atoms with Crippen LogP contribution >= 0.6 is 0 Å². The minimum absolute atomic E-state index is 0.432. The molecule has 2 rings (SSSR count). The maximum Gasteiger partial charge on any atom is 0.339 e. The molecule has 0 saturated heterocycles. The molecule has 0 aliphatic carbocycles. The van der Waals surface area contributed by atoms with Crippen LogP contribution in [0.5, 0.6) is 11.5 Å². The lowest BCUT2D eigenvalue weighted by molar-refractivity contribution is -0.123. The van der Waals surface area contributed by atoms with Crippen LogP contribution < -0.4 is 14.8 Å². The van der Waals surface area contributed by atoms with Crippen LogP contribution in [0.25, 0.3) is 0 Å². The summed E-state index contributed by atoms with van der Waals surface area (Å²) in [6.07, 6.45) is -0.969. The number of anilines is 1. The van der Waals surface area contributed by atoms with E-state index in [-0.39, 0.29) is 0 Å². The van der Waals surface area contributed by atoms with E-state index in [9.17, 15) is 9.59 Å². The number of nitrogens with one attached hydrogen (secondary N) is 1. The summed E-state index contributed by atoms with van der Waals surface area (Å²) < 4.78 is 15.6. The zero-order chi connectivity index (χ0) is 18.4. The molecule has 0 aliphatic rings. The number of amides is 1. The molecule has 0 spiro atoms. The van der Waals surface area contributed by atoms with Gasteiger partial charge in [-0.05, 0) is 37.6 Å². The molecule has 0 aliphatic heterocycles. The first-order valence-corrected chi connectivity index (χ1v) is 7.75. The number of carbonyl (C=O) groups excluding carboxylic acids is 2. The summed E-state index contributed by atoms with van der Waals surface area (Å²) in [5.74, 6) is 0.0408. The first kappa shape index (κ1) is 18.3. The van der Waals surface area contributed by atoms with E-state index in [2.05, 4.69) is 5.32 Å².